The van der Waals surface area contributed by atoms with E-state index in [1.807, 2.05) is 25.1 Å². The van der Waals surface area contributed by atoms with Gasteiger partial charge in [-0.05, 0) is 42.8 Å². The number of methoxy groups -OCH3 is 1. The van der Waals surface area contributed by atoms with Crippen LogP contribution in [0, 0.1) is 6.92 Å². The first kappa shape index (κ1) is 17.5. The molecule has 1 aromatic heterocycles. The van der Waals surface area contributed by atoms with Crippen LogP contribution in [0.5, 0.6) is 5.19 Å². The number of amides is 1. The second-order valence-electron chi connectivity index (χ2n) is 6.42. The van der Waals surface area contributed by atoms with Crippen molar-refractivity contribution in [3.05, 3.63) is 59.2 Å². The van der Waals surface area contributed by atoms with Crippen LogP contribution in [0.15, 0.2) is 42.5 Å². The fraction of sp³-hybridized carbons (Fsp3) is 0.250. The summed E-state index contributed by atoms with van der Waals surface area (Å²) in [7, 11) is 1.33. The minimum atomic E-state index is -0.419. The van der Waals surface area contributed by atoms with Gasteiger partial charge >= 0.3 is 5.97 Å². The molecule has 4 rings (SSSR count). The van der Waals surface area contributed by atoms with Crippen molar-refractivity contribution in [2.45, 2.75) is 13.0 Å². The molecule has 2 heterocycles. The molecule has 7 heteroatoms. The van der Waals surface area contributed by atoms with E-state index in [-0.39, 0.29) is 12.0 Å². The number of ether oxygens (including phenoxy) is 2. The Kier molecular flexibility index (Phi) is 4.53. The molecule has 0 atom stereocenters. The monoisotopic (exact) mass is 382 g/mol. The zero-order chi connectivity index (χ0) is 19.0. The molecule has 1 saturated heterocycles. The maximum atomic E-state index is 12.5. The Hall–Kier alpha value is -2.93. The quantitative estimate of drug-likeness (QED) is 0.648. The van der Waals surface area contributed by atoms with Gasteiger partial charge in [-0.2, -0.15) is 0 Å². The van der Waals surface area contributed by atoms with Crippen molar-refractivity contribution >= 4 is 33.4 Å². The van der Waals surface area contributed by atoms with E-state index in [0.29, 0.717) is 29.4 Å². The molecule has 2 aromatic carbocycles. The van der Waals surface area contributed by atoms with Crippen molar-refractivity contribution in [1.29, 1.82) is 0 Å². The van der Waals surface area contributed by atoms with Crippen molar-refractivity contribution in [2.24, 2.45) is 0 Å². The summed E-state index contributed by atoms with van der Waals surface area (Å²) >= 11 is 1.52. The summed E-state index contributed by atoms with van der Waals surface area (Å²) in [4.78, 5) is 30.2. The number of nitrogens with zero attached hydrogens (tertiary/aromatic N) is 2. The third-order valence-corrected chi connectivity index (χ3v) is 5.47. The highest BCUT2D eigenvalue weighted by Crippen LogP contribution is 2.31. The smallest absolute Gasteiger partial charge is 0.337 e. The predicted octanol–water partition coefficient (Wildman–Crippen LogP) is 3.29. The van der Waals surface area contributed by atoms with Gasteiger partial charge in [0.15, 0.2) is 0 Å². The van der Waals surface area contributed by atoms with Crippen LogP contribution in [0.3, 0.4) is 0 Å². The average Bonchev–Trinajstić information content (AvgIpc) is 3.07. The van der Waals surface area contributed by atoms with Gasteiger partial charge in [0, 0.05) is 5.56 Å². The molecule has 1 aliphatic heterocycles. The molecule has 1 amide bonds. The summed E-state index contributed by atoms with van der Waals surface area (Å²) in [6.07, 6.45) is -0.0517. The first-order valence-electron chi connectivity index (χ1n) is 8.55. The Morgan fingerprint density at radius 1 is 1.11 bits per heavy atom. The number of hydrogen-bond acceptors (Lipinski definition) is 6. The molecule has 0 bridgehead atoms. The second kappa shape index (κ2) is 7.00. The van der Waals surface area contributed by atoms with Crippen molar-refractivity contribution in [3.8, 4) is 5.19 Å². The minimum absolute atomic E-state index is 0.0517. The number of carbonyl (C=O) groups is 2. The molecule has 0 radical (unpaired) electrons. The van der Waals surface area contributed by atoms with Crippen LogP contribution in [-0.4, -0.2) is 48.1 Å². The molecule has 0 N–H and O–H groups in total. The molecule has 1 aliphatic rings. The van der Waals surface area contributed by atoms with Crippen LogP contribution < -0.4 is 4.74 Å². The summed E-state index contributed by atoms with van der Waals surface area (Å²) in [5, 5.41) is 0.638. The highest BCUT2D eigenvalue weighted by atomic mass is 32.1. The maximum absolute atomic E-state index is 12.5. The van der Waals surface area contributed by atoms with Gasteiger partial charge in [0.1, 0.15) is 6.10 Å². The number of rotatable bonds is 4. The van der Waals surface area contributed by atoms with E-state index < -0.39 is 5.97 Å². The lowest BCUT2D eigenvalue weighted by Gasteiger charge is -2.38. The number of fused-ring (bicyclic) bond motifs is 1. The van der Waals surface area contributed by atoms with Gasteiger partial charge in [-0.3, -0.25) is 4.79 Å². The summed E-state index contributed by atoms with van der Waals surface area (Å²) < 4.78 is 11.7. The first-order valence-corrected chi connectivity index (χ1v) is 9.37. The summed E-state index contributed by atoms with van der Waals surface area (Å²) in [5.74, 6) is -0.496. The van der Waals surface area contributed by atoms with Gasteiger partial charge in [-0.1, -0.05) is 23.5 Å². The number of likely N-dealkylation sites (tertiary alicyclic amines) is 1. The van der Waals surface area contributed by atoms with Crippen LogP contribution in [0.25, 0.3) is 10.2 Å². The number of carbonyl (C=O) groups excluding carboxylic acids is 2. The lowest BCUT2D eigenvalue weighted by atomic mass is 10.1. The SMILES string of the molecule is COC(=O)c1ccc(C(=O)N2CC(Oc3nc4c(C)cccc4s3)C2)cc1. The molecular weight excluding hydrogens is 364 g/mol. The highest BCUT2D eigenvalue weighted by Gasteiger charge is 2.33. The van der Waals surface area contributed by atoms with E-state index in [1.165, 1.54) is 18.4 Å². The normalized spacial score (nSPS) is 14.1. The molecule has 0 unspecified atom stereocenters. The minimum Gasteiger partial charge on any atom is -0.465 e. The maximum Gasteiger partial charge on any atom is 0.337 e. The number of aryl methyl sites for hydroxylation is 1. The lowest BCUT2D eigenvalue weighted by Crippen LogP contribution is -2.56. The zero-order valence-electron chi connectivity index (χ0n) is 15.0. The van der Waals surface area contributed by atoms with E-state index in [4.69, 9.17) is 4.74 Å². The molecule has 3 aromatic rings. The fourth-order valence-corrected chi connectivity index (χ4v) is 3.95. The predicted molar refractivity (Wildman–Crippen MR) is 102 cm³/mol. The molecule has 138 valence electrons. The third kappa shape index (κ3) is 3.38. The van der Waals surface area contributed by atoms with E-state index >= 15 is 0 Å². The molecule has 0 aliphatic carbocycles. The van der Waals surface area contributed by atoms with Gasteiger partial charge in [0.05, 0.1) is 36.0 Å². The zero-order valence-corrected chi connectivity index (χ0v) is 15.8. The number of aromatic nitrogens is 1. The molecule has 27 heavy (non-hydrogen) atoms. The summed E-state index contributed by atoms with van der Waals surface area (Å²) in [6.45, 7) is 3.07. The van der Waals surface area contributed by atoms with Gasteiger partial charge in [-0.25, -0.2) is 9.78 Å². The largest absolute Gasteiger partial charge is 0.465 e. The number of thiazole rings is 1. The third-order valence-electron chi connectivity index (χ3n) is 4.56. The topological polar surface area (TPSA) is 68.7 Å². The van der Waals surface area contributed by atoms with Crippen LogP contribution in [0.1, 0.15) is 26.3 Å². The average molecular weight is 382 g/mol. The van der Waals surface area contributed by atoms with Crippen LogP contribution in [-0.2, 0) is 4.74 Å². The van der Waals surface area contributed by atoms with E-state index in [1.54, 1.807) is 29.2 Å². The number of benzene rings is 2. The van der Waals surface area contributed by atoms with Crippen LogP contribution in [0.4, 0.5) is 0 Å². The second-order valence-corrected chi connectivity index (χ2v) is 7.41. The van der Waals surface area contributed by atoms with Gasteiger partial charge in [-0.15, -0.1) is 0 Å². The van der Waals surface area contributed by atoms with Gasteiger partial charge in [0.2, 0.25) is 0 Å². The van der Waals surface area contributed by atoms with Crippen molar-refractivity contribution in [2.75, 3.05) is 20.2 Å². The van der Waals surface area contributed by atoms with E-state index in [2.05, 4.69) is 9.72 Å². The van der Waals surface area contributed by atoms with Gasteiger partial charge < -0.3 is 14.4 Å². The molecule has 6 nitrogen and oxygen atoms in total. The van der Waals surface area contributed by atoms with E-state index in [0.717, 1.165) is 15.8 Å². The Balaban J connectivity index is 1.36. The van der Waals surface area contributed by atoms with Crippen molar-refractivity contribution in [1.82, 2.24) is 9.88 Å². The fourth-order valence-electron chi connectivity index (χ4n) is 2.99. The number of para-hydroxylation sites is 1. The number of hydrogen-bond donors (Lipinski definition) is 0. The molecule has 0 spiro atoms. The molecular formula is C20H18N2O4S. The highest BCUT2D eigenvalue weighted by molar-refractivity contribution is 7.20. The van der Waals surface area contributed by atoms with E-state index in [9.17, 15) is 9.59 Å². The summed E-state index contributed by atoms with van der Waals surface area (Å²) in [5.41, 5.74) is 3.05. The first-order chi connectivity index (χ1) is 13.0. The van der Waals surface area contributed by atoms with Gasteiger partial charge in [0.25, 0.3) is 11.1 Å². The Morgan fingerprint density at radius 2 is 1.81 bits per heavy atom. The van der Waals surface area contributed by atoms with Crippen molar-refractivity contribution in [3.63, 3.8) is 0 Å². The molecule has 1 fully saturated rings. The number of esters is 1. The Bertz CT molecular complexity index is 1010. The Morgan fingerprint density at radius 3 is 2.48 bits per heavy atom. The summed E-state index contributed by atoms with van der Waals surface area (Å²) in [6, 6.07) is 12.5. The lowest BCUT2D eigenvalue weighted by molar-refractivity contribution is 0.0178. The van der Waals surface area contributed by atoms with Crippen LogP contribution >= 0.6 is 11.3 Å². The van der Waals surface area contributed by atoms with Crippen LogP contribution in [0.2, 0.25) is 0 Å². The standard InChI is InChI=1S/C20H18N2O4S/c1-12-4-3-5-16-17(12)21-20(27-16)26-15-10-22(11-15)18(23)13-6-8-14(9-7-13)19(24)25-2/h3-9,15H,10-11H2,1-2H3. The Labute approximate surface area is 160 Å². The van der Waals surface area contributed by atoms with Crippen molar-refractivity contribution < 1.29 is 19.1 Å². The molecule has 0 saturated carbocycles.